The summed E-state index contributed by atoms with van der Waals surface area (Å²) in [5.41, 5.74) is 15.1. The molecule has 21 heavy (non-hydrogen) atoms. The predicted molar refractivity (Wildman–Crippen MR) is 91.6 cm³/mol. The zero-order valence-electron chi connectivity index (χ0n) is 13.3. The van der Waals surface area contributed by atoms with Gasteiger partial charge in [-0.1, -0.05) is 44.5 Å². The maximum absolute atomic E-state index is 6.15. The lowest BCUT2D eigenvalue weighted by atomic mass is 10.0. The van der Waals surface area contributed by atoms with Crippen molar-refractivity contribution in [2.75, 3.05) is 0 Å². The van der Waals surface area contributed by atoms with Crippen LogP contribution in [0, 0.1) is 5.92 Å². The van der Waals surface area contributed by atoms with E-state index in [4.69, 9.17) is 23.1 Å². The first-order chi connectivity index (χ1) is 9.85. The Balaban J connectivity index is 2.90. The molecular formula is C17H26ClN3. The summed E-state index contributed by atoms with van der Waals surface area (Å²) in [5, 5.41) is 4.10. The molecule has 4 heteroatoms. The molecule has 0 saturated heterocycles. The highest BCUT2D eigenvalue weighted by atomic mass is 35.5. The third kappa shape index (κ3) is 5.35. The molecule has 1 rings (SSSR count). The van der Waals surface area contributed by atoms with Gasteiger partial charge in [-0.05, 0) is 48.6 Å². The average molecular weight is 308 g/mol. The Morgan fingerprint density at radius 3 is 2.29 bits per heavy atom. The molecule has 0 aliphatic rings. The lowest BCUT2D eigenvalue weighted by Crippen LogP contribution is -2.26. The van der Waals surface area contributed by atoms with Crippen molar-refractivity contribution in [2.24, 2.45) is 17.4 Å². The highest BCUT2D eigenvalue weighted by Gasteiger charge is 2.10. The highest BCUT2D eigenvalue weighted by Crippen LogP contribution is 2.20. The molecule has 0 amide bonds. The van der Waals surface area contributed by atoms with Crippen molar-refractivity contribution in [3.05, 3.63) is 58.0 Å². The number of allylic oxidation sites excluding steroid dienone is 3. The maximum Gasteiger partial charge on any atom is 0.0995 e. The Morgan fingerprint density at radius 1 is 1.24 bits per heavy atom. The van der Waals surface area contributed by atoms with Crippen LogP contribution in [0.5, 0.6) is 0 Å². The SMILES string of the molecule is CCC(N/C(N)=C(C)/C=C(\N)C(C)C)c1ccc(Cl)cc1. The van der Waals surface area contributed by atoms with E-state index in [9.17, 15) is 0 Å². The van der Waals surface area contributed by atoms with E-state index >= 15 is 0 Å². The molecule has 0 fully saturated rings. The van der Waals surface area contributed by atoms with Gasteiger partial charge in [0.2, 0.25) is 0 Å². The van der Waals surface area contributed by atoms with E-state index in [1.165, 1.54) is 5.56 Å². The number of benzene rings is 1. The van der Waals surface area contributed by atoms with Gasteiger partial charge in [0.25, 0.3) is 0 Å². The molecular weight excluding hydrogens is 282 g/mol. The molecule has 0 aromatic heterocycles. The second-order valence-electron chi connectivity index (χ2n) is 5.55. The zero-order chi connectivity index (χ0) is 16.0. The summed E-state index contributed by atoms with van der Waals surface area (Å²) < 4.78 is 0. The van der Waals surface area contributed by atoms with Crippen LogP contribution in [0.15, 0.2) is 47.4 Å². The molecule has 0 saturated carbocycles. The lowest BCUT2D eigenvalue weighted by Gasteiger charge is -2.20. The fourth-order valence-electron chi connectivity index (χ4n) is 1.91. The van der Waals surface area contributed by atoms with Crippen LogP contribution in [-0.4, -0.2) is 0 Å². The summed E-state index contributed by atoms with van der Waals surface area (Å²) in [6, 6.07) is 7.98. The fourth-order valence-corrected chi connectivity index (χ4v) is 2.04. The van der Waals surface area contributed by atoms with Crippen molar-refractivity contribution < 1.29 is 0 Å². The normalized spacial score (nSPS) is 14.9. The van der Waals surface area contributed by atoms with Crippen LogP contribution in [0.3, 0.4) is 0 Å². The van der Waals surface area contributed by atoms with E-state index in [0.29, 0.717) is 11.7 Å². The lowest BCUT2D eigenvalue weighted by molar-refractivity contribution is 0.572. The monoisotopic (exact) mass is 307 g/mol. The van der Waals surface area contributed by atoms with Crippen molar-refractivity contribution in [3.8, 4) is 0 Å². The van der Waals surface area contributed by atoms with Crippen LogP contribution in [0.1, 0.15) is 45.7 Å². The van der Waals surface area contributed by atoms with Gasteiger partial charge < -0.3 is 16.8 Å². The van der Waals surface area contributed by atoms with Crippen LogP contribution in [0.2, 0.25) is 5.02 Å². The summed E-state index contributed by atoms with van der Waals surface area (Å²) in [6.07, 6.45) is 2.86. The second kappa shape index (κ2) is 7.99. The topological polar surface area (TPSA) is 64.1 Å². The van der Waals surface area contributed by atoms with Gasteiger partial charge in [-0.15, -0.1) is 0 Å². The third-order valence-electron chi connectivity index (χ3n) is 3.49. The summed E-state index contributed by atoms with van der Waals surface area (Å²) in [7, 11) is 0. The van der Waals surface area contributed by atoms with Crippen LogP contribution in [0.4, 0.5) is 0 Å². The van der Waals surface area contributed by atoms with Gasteiger partial charge in [0.1, 0.15) is 0 Å². The van der Waals surface area contributed by atoms with Gasteiger partial charge >= 0.3 is 0 Å². The van der Waals surface area contributed by atoms with E-state index in [1.54, 1.807) is 0 Å². The Kier molecular flexibility index (Phi) is 6.63. The fraction of sp³-hybridized carbons (Fsp3) is 0.412. The summed E-state index contributed by atoms with van der Waals surface area (Å²) in [6.45, 7) is 8.20. The maximum atomic E-state index is 6.15. The number of hydrogen-bond donors (Lipinski definition) is 3. The molecule has 3 nitrogen and oxygen atoms in total. The molecule has 1 atom stereocenters. The number of hydrogen-bond acceptors (Lipinski definition) is 3. The first-order valence-electron chi connectivity index (χ1n) is 7.30. The van der Waals surface area contributed by atoms with E-state index in [-0.39, 0.29) is 6.04 Å². The molecule has 1 aromatic carbocycles. The third-order valence-corrected chi connectivity index (χ3v) is 3.74. The molecule has 5 N–H and O–H groups in total. The molecule has 1 unspecified atom stereocenters. The summed E-state index contributed by atoms with van der Waals surface area (Å²) in [5.74, 6) is 0.964. The number of nitrogens with one attached hydrogen (secondary N) is 1. The molecule has 0 aliphatic heterocycles. The first-order valence-corrected chi connectivity index (χ1v) is 7.68. The molecule has 116 valence electrons. The quantitative estimate of drug-likeness (QED) is 0.694. The van der Waals surface area contributed by atoms with Crippen LogP contribution in [0.25, 0.3) is 0 Å². The molecule has 0 spiro atoms. The number of nitrogens with two attached hydrogens (primary N) is 2. The van der Waals surface area contributed by atoms with E-state index < -0.39 is 0 Å². The van der Waals surface area contributed by atoms with Crippen LogP contribution < -0.4 is 16.8 Å². The minimum Gasteiger partial charge on any atom is -0.402 e. The molecule has 0 heterocycles. The Bertz CT molecular complexity index is 515. The molecule has 0 radical (unpaired) electrons. The standard InChI is InChI=1S/C17H26ClN3/c1-5-16(13-6-8-14(18)9-7-13)21-17(20)12(4)10-15(19)11(2)3/h6-11,16,21H,5,19-20H2,1-4H3/b15-10-,17-12+. The number of rotatable bonds is 6. The average Bonchev–Trinajstić information content (AvgIpc) is 2.45. The van der Waals surface area contributed by atoms with E-state index in [0.717, 1.165) is 22.7 Å². The van der Waals surface area contributed by atoms with Gasteiger partial charge in [-0.2, -0.15) is 0 Å². The Morgan fingerprint density at radius 2 is 1.81 bits per heavy atom. The minimum atomic E-state index is 0.158. The largest absolute Gasteiger partial charge is 0.402 e. The summed E-state index contributed by atoms with van der Waals surface area (Å²) >= 11 is 5.93. The summed E-state index contributed by atoms with van der Waals surface area (Å²) in [4.78, 5) is 0. The van der Waals surface area contributed by atoms with Gasteiger partial charge in [0.05, 0.1) is 11.9 Å². The smallest absolute Gasteiger partial charge is 0.0995 e. The Labute approximate surface area is 133 Å². The van der Waals surface area contributed by atoms with Gasteiger partial charge in [0.15, 0.2) is 0 Å². The molecule has 0 aliphatic carbocycles. The second-order valence-corrected chi connectivity index (χ2v) is 5.99. The van der Waals surface area contributed by atoms with Crippen LogP contribution in [-0.2, 0) is 0 Å². The van der Waals surface area contributed by atoms with Crippen molar-refractivity contribution in [3.63, 3.8) is 0 Å². The predicted octanol–water partition coefficient (Wildman–Crippen LogP) is 4.07. The van der Waals surface area contributed by atoms with Crippen molar-refractivity contribution in [1.82, 2.24) is 5.32 Å². The van der Waals surface area contributed by atoms with Crippen molar-refractivity contribution >= 4 is 11.6 Å². The van der Waals surface area contributed by atoms with Crippen molar-refractivity contribution in [1.29, 1.82) is 0 Å². The van der Waals surface area contributed by atoms with Gasteiger partial charge in [0, 0.05) is 10.7 Å². The minimum absolute atomic E-state index is 0.158. The zero-order valence-corrected chi connectivity index (χ0v) is 14.0. The highest BCUT2D eigenvalue weighted by molar-refractivity contribution is 6.30. The Hall–Kier alpha value is -1.61. The van der Waals surface area contributed by atoms with Gasteiger partial charge in [-0.25, -0.2) is 0 Å². The van der Waals surface area contributed by atoms with E-state index in [1.807, 2.05) is 37.3 Å². The van der Waals surface area contributed by atoms with Crippen molar-refractivity contribution in [2.45, 2.75) is 40.2 Å². The number of halogens is 1. The van der Waals surface area contributed by atoms with Gasteiger partial charge in [-0.3, -0.25) is 0 Å². The van der Waals surface area contributed by atoms with E-state index in [2.05, 4.69) is 26.1 Å². The first kappa shape index (κ1) is 17.4. The molecule has 1 aromatic rings. The molecule has 0 bridgehead atoms. The van der Waals surface area contributed by atoms with Crippen LogP contribution >= 0.6 is 11.6 Å².